The van der Waals surface area contributed by atoms with Crippen molar-refractivity contribution in [1.82, 2.24) is 10.5 Å². The molecule has 20 heavy (non-hydrogen) atoms. The van der Waals surface area contributed by atoms with Crippen molar-refractivity contribution in [3.05, 3.63) is 0 Å². The molecule has 0 rings (SSSR count). The van der Waals surface area contributed by atoms with Gasteiger partial charge in [0.05, 0.1) is 12.5 Å². The topological polar surface area (TPSA) is 67.4 Å². The van der Waals surface area contributed by atoms with Gasteiger partial charge in [0, 0.05) is 12.5 Å². The van der Waals surface area contributed by atoms with Crippen molar-refractivity contribution in [2.24, 2.45) is 11.8 Å². The average molecular weight is 542 g/mol. The number of amides is 2. The molecule has 0 aromatic carbocycles. The van der Waals surface area contributed by atoms with Gasteiger partial charge in [0.1, 0.15) is 0 Å². The molecule has 0 bridgehead atoms. The summed E-state index contributed by atoms with van der Waals surface area (Å²) in [5.41, 5.74) is 0. The zero-order chi connectivity index (χ0) is 15.5. The van der Waals surface area contributed by atoms with Gasteiger partial charge in [0.15, 0.2) is 0 Å². The number of nitrogens with one attached hydrogen (secondary N) is 2. The van der Waals surface area contributed by atoms with Crippen LogP contribution in [0.5, 0.6) is 0 Å². The van der Waals surface area contributed by atoms with Crippen molar-refractivity contribution in [3.8, 4) is 0 Å². The van der Waals surface area contributed by atoms with Crippen LogP contribution in [0.15, 0.2) is 0 Å². The van der Waals surface area contributed by atoms with E-state index in [1.54, 1.807) is 0 Å². The maximum atomic E-state index is 11.6. The molecule has 0 saturated carbocycles. The van der Waals surface area contributed by atoms with Crippen molar-refractivity contribution in [1.29, 1.82) is 0 Å². The lowest BCUT2D eigenvalue weighted by Crippen LogP contribution is -2.36. The predicted molar refractivity (Wildman–Crippen MR) is 109 cm³/mol. The minimum absolute atomic E-state index is 0.0202. The highest BCUT2D eigenvalue weighted by molar-refractivity contribution is 14.2. The van der Waals surface area contributed by atoms with Crippen LogP contribution in [-0.4, -0.2) is 36.6 Å². The lowest BCUT2D eigenvalue weighted by atomic mass is 10.1. The molecule has 5 nitrogen and oxygen atoms in total. The second kappa shape index (κ2) is 12.9. The van der Waals surface area contributed by atoms with E-state index < -0.39 is 0 Å². The molecule has 0 aliphatic rings. The van der Waals surface area contributed by atoms with Crippen LogP contribution < -0.4 is 10.5 Å². The van der Waals surface area contributed by atoms with E-state index in [1.165, 1.54) is 0 Å². The van der Waals surface area contributed by atoms with Crippen LogP contribution in [0.4, 0.5) is 0 Å². The van der Waals surface area contributed by atoms with Gasteiger partial charge in [-0.15, -0.1) is 31.5 Å². The number of carbonyl (C=O) groups excluding carboxylic acids is 2. The van der Waals surface area contributed by atoms with Gasteiger partial charge in [-0.3, -0.25) is 9.59 Å². The smallest absolute Gasteiger partial charge is 0.349 e. The van der Waals surface area contributed by atoms with E-state index in [4.69, 9.17) is 4.74 Å². The fraction of sp³-hybridized carbons (Fsp3) is 0.778. The Morgan fingerprint density at radius 3 is 2.60 bits per heavy atom. The van der Waals surface area contributed by atoms with Crippen LogP contribution in [0.25, 0.3) is 0 Å². The normalized spacial score (nSPS) is 13.8. The molecule has 11 heteroatoms. The molecular weight excluding hydrogens is 521 g/mol. The Labute approximate surface area is 152 Å². The van der Waals surface area contributed by atoms with Gasteiger partial charge in [-0.2, -0.15) is 0 Å². The number of ether oxygens (including phenoxy) is 1. The van der Waals surface area contributed by atoms with E-state index in [0.717, 1.165) is 7.13 Å². The highest BCUT2D eigenvalue weighted by Gasteiger charge is 2.16. The maximum Gasteiger partial charge on any atom is 0.349 e. The molecule has 2 amide bonds. The summed E-state index contributed by atoms with van der Waals surface area (Å²) in [6, 6.07) is 0. The van der Waals surface area contributed by atoms with E-state index in [-0.39, 0.29) is 28.1 Å². The zero-order valence-electron chi connectivity index (χ0n) is 11.6. The summed E-state index contributed by atoms with van der Waals surface area (Å²) in [6.07, 6.45) is 1.37. The van der Waals surface area contributed by atoms with Crippen molar-refractivity contribution in [2.45, 2.75) is 20.3 Å². The van der Waals surface area contributed by atoms with Gasteiger partial charge in [0.2, 0.25) is 11.8 Å². The Bertz CT molecular complexity index is 317. The molecule has 2 N–H and O–H groups in total. The second-order valence-corrected chi connectivity index (χ2v) is 10.7. The SMILES string of the molecule is CC(CCOCC(C)C(=O)NB(P)I)C(=O)NBPI. The van der Waals surface area contributed by atoms with Crippen molar-refractivity contribution in [2.75, 3.05) is 13.2 Å². The van der Waals surface area contributed by atoms with Crippen molar-refractivity contribution >= 4 is 83.0 Å². The standard InChI is InChI=1S/C9H20B2I2N2O3P2/c1-6(8(16)14-10-20-13)3-4-18-5-7(2)9(17)15-11(12)19/h6-7,10,20H,3-5,19H2,1-2H3,(H,14,16)(H,15,17). The summed E-state index contributed by atoms with van der Waals surface area (Å²) >= 11 is 4.36. The Morgan fingerprint density at radius 1 is 1.40 bits per heavy atom. The van der Waals surface area contributed by atoms with Gasteiger partial charge in [-0.1, -0.05) is 42.0 Å². The lowest BCUT2D eigenvalue weighted by Gasteiger charge is -2.14. The van der Waals surface area contributed by atoms with Crippen molar-refractivity contribution in [3.63, 3.8) is 0 Å². The first-order valence-electron chi connectivity index (χ1n) is 6.27. The largest absolute Gasteiger partial charge is 0.397 e. The molecule has 114 valence electrons. The van der Waals surface area contributed by atoms with Gasteiger partial charge in [-0.25, -0.2) is 0 Å². The highest BCUT2D eigenvalue weighted by Crippen LogP contribution is 2.15. The fourth-order valence-corrected chi connectivity index (χ4v) is 2.58. The van der Waals surface area contributed by atoms with Gasteiger partial charge >= 0.3 is 4.42 Å². The Hall–Kier alpha value is 1.35. The van der Waals surface area contributed by atoms with Crippen LogP contribution in [0, 0.1) is 11.8 Å². The number of hydrogen-bond donors (Lipinski definition) is 2. The summed E-state index contributed by atoms with van der Waals surface area (Å²) in [7, 11) is 3.24. The molecule has 0 fully saturated rings. The van der Waals surface area contributed by atoms with E-state index in [0.29, 0.717) is 25.7 Å². The van der Waals surface area contributed by atoms with Crippen molar-refractivity contribution < 1.29 is 14.3 Å². The summed E-state index contributed by atoms with van der Waals surface area (Å²) in [4.78, 5) is 23.3. The molecule has 0 saturated heterocycles. The number of rotatable bonds is 10. The zero-order valence-corrected chi connectivity index (χ0v) is 18.1. The first-order valence-corrected chi connectivity index (χ1v) is 12.5. The molecular formula is C9H20B2I2N2O3P2. The molecule has 4 atom stereocenters. The Morgan fingerprint density at radius 2 is 2.05 bits per heavy atom. The fourth-order valence-electron chi connectivity index (χ4n) is 1.30. The predicted octanol–water partition coefficient (Wildman–Crippen LogP) is 1.49. The van der Waals surface area contributed by atoms with E-state index >= 15 is 0 Å². The Balaban J connectivity index is 3.74. The summed E-state index contributed by atoms with van der Waals surface area (Å²) in [6.45, 7) is 4.59. The summed E-state index contributed by atoms with van der Waals surface area (Å²) in [5.74, 6) is -0.192. The molecule has 0 aliphatic heterocycles. The number of hydrogen-bond acceptors (Lipinski definition) is 3. The minimum atomic E-state index is -0.183. The highest BCUT2D eigenvalue weighted by atomic mass is 127. The summed E-state index contributed by atoms with van der Waals surface area (Å²) in [5, 5.41) is 5.66. The molecule has 4 unspecified atom stereocenters. The summed E-state index contributed by atoms with van der Waals surface area (Å²) < 4.78 is 5.51. The molecule has 0 aliphatic carbocycles. The van der Waals surface area contributed by atoms with Crippen LogP contribution in [0.2, 0.25) is 0 Å². The van der Waals surface area contributed by atoms with Crippen LogP contribution in [-0.2, 0) is 14.3 Å². The van der Waals surface area contributed by atoms with E-state index in [1.807, 2.05) is 13.8 Å². The maximum absolute atomic E-state index is 11.6. The first kappa shape index (κ1) is 21.3. The third-order valence-corrected chi connectivity index (χ3v) is 4.50. The second-order valence-electron chi connectivity index (χ2n) is 4.43. The molecule has 0 spiro atoms. The molecule has 0 radical (unpaired) electrons. The van der Waals surface area contributed by atoms with Crippen LogP contribution in [0.1, 0.15) is 20.3 Å². The molecule has 0 aromatic rings. The lowest BCUT2D eigenvalue weighted by molar-refractivity contribution is -0.126. The number of carbonyl (C=O) groups is 2. The molecule has 0 heterocycles. The Kier molecular flexibility index (Phi) is 13.7. The van der Waals surface area contributed by atoms with Crippen LogP contribution in [0.3, 0.4) is 0 Å². The van der Waals surface area contributed by atoms with Crippen LogP contribution >= 0.6 is 59.6 Å². The monoisotopic (exact) mass is 542 g/mol. The van der Waals surface area contributed by atoms with Gasteiger partial charge in [-0.05, 0) is 6.42 Å². The first-order chi connectivity index (χ1) is 9.38. The third-order valence-electron chi connectivity index (χ3n) is 2.57. The number of halogens is 2. The van der Waals surface area contributed by atoms with E-state index in [9.17, 15) is 9.59 Å². The average Bonchev–Trinajstić information content (AvgIpc) is 2.39. The van der Waals surface area contributed by atoms with Gasteiger partial charge in [0.25, 0.3) is 7.13 Å². The van der Waals surface area contributed by atoms with E-state index in [2.05, 4.69) is 64.0 Å². The third kappa shape index (κ3) is 11.0. The minimum Gasteiger partial charge on any atom is -0.397 e. The molecule has 0 aromatic heterocycles. The van der Waals surface area contributed by atoms with Gasteiger partial charge < -0.3 is 15.2 Å². The quantitative estimate of drug-likeness (QED) is 0.191.